The van der Waals surface area contributed by atoms with Crippen molar-refractivity contribution in [2.75, 3.05) is 19.8 Å². The van der Waals surface area contributed by atoms with Gasteiger partial charge < -0.3 is 10.1 Å². The fourth-order valence-corrected chi connectivity index (χ4v) is 2.37. The normalized spacial score (nSPS) is 21.6. The van der Waals surface area contributed by atoms with Gasteiger partial charge in [-0.2, -0.15) is 0 Å². The summed E-state index contributed by atoms with van der Waals surface area (Å²) >= 11 is 1.75. The van der Waals surface area contributed by atoms with Crippen LogP contribution in [0.25, 0.3) is 0 Å². The maximum atomic E-state index is 5.29. The highest BCUT2D eigenvalue weighted by Crippen LogP contribution is 2.09. The minimum Gasteiger partial charge on any atom is -0.380 e. The molecule has 3 nitrogen and oxygen atoms in total. The topological polar surface area (TPSA) is 34.1 Å². The molecule has 0 saturated carbocycles. The van der Waals surface area contributed by atoms with Gasteiger partial charge in [-0.05, 0) is 13.3 Å². The lowest BCUT2D eigenvalue weighted by atomic mass is 10.2. The van der Waals surface area contributed by atoms with E-state index in [0.717, 1.165) is 38.3 Å². The van der Waals surface area contributed by atoms with E-state index in [1.54, 1.807) is 11.3 Å². The van der Waals surface area contributed by atoms with Gasteiger partial charge in [0.15, 0.2) is 0 Å². The van der Waals surface area contributed by atoms with E-state index < -0.39 is 0 Å². The Labute approximate surface area is 88.5 Å². The molecule has 0 bridgehead atoms. The maximum absolute atomic E-state index is 5.29. The zero-order valence-corrected chi connectivity index (χ0v) is 9.27. The lowest BCUT2D eigenvalue weighted by molar-refractivity contribution is 0.190. The second kappa shape index (κ2) is 4.87. The molecule has 1 aliphatic rings. The van der Waals surface area contributed by atoms with Gasteiger partial charge in [0, 0.05) is 36.7 Å². The predicted octanol–water partition coefficient (Wildman–Crippen LogP) is 1.37. The number of hydrogen-bond donors (Lipinski definition) is 1. The lowest BCUT2D eigenvalue weighted by Crippen LogP contribution is -2.30. The van der Waals surface area contributed by atoms with Crippen molar-refractivity contribution in [1.82, 2.24) is 10.3 Å². The summed E-state index contributed by atoms with van der Waals surface area (Å²) in [6.07, 6.45) is 2.19. The van der Waals surface area contributed by atoms with Crippen LogP contribution in [0.15, 0.2) is 5.38 Å². The molecule has 1 aromatic rings. The first-order valence-corrected chi connectivity index (χ1v) is 5.94. The van der Waals surface area contributed by atoms with Crippen LogP contribution in [0.5, 0.6) is 0 Å². The van der Waals surface area contributed by atoms with Crippen LogP contribution >= 0.6 is 11.3 Å². The standard InChI is InChI=1S/C10H16N2OS/c1-8-7-14-10(12-8)2-4-11-9-3-5-13-6-9/h7,9,11H,2-6H2,1H3. The van der Waals surface area contributed by atoms with Gasteiger partial charge in [0.05, 0.1) is 11.6 Å². The first-order chi connectivity index (χ1) is 6.84. The number of nitrogens with zero attached hydrogens (tertiary/aromatic N) is 1. The van der Waals surface area contributed by atoms with Crippen molar-refractivity contribution in [2.24, 2.45) is 0 Å². The molecule has 0 spiro atoms. The monoisotopic (exact) mass is 212 g/mol. The van der Waals surface area contributed by atoms with Crippen LogP contribution in [0.2, 0.25) is 0 Å². The summed E-state index contributed by atoms with van der Waals surface area (Å²) in [4.78, 5) is 4.42. The Bertz CT molecular complexity index is 281. The quantitative estimate of drug-likeness (QED) is 0.818. The van der Waals surface area contributed by atoms with Crippen molar-refractivity contribution in [3.05, 3.63) is 16.1 Å². The summed E-state index contributed by atoms with van der Waals surface area (Å²) < 4.78 is 5.29. The van der Waals surface area contributed by atoms with Crippen LogP contribution in [-0.2, 0) is 11.2 Å². The summed E-state index contributed by atoms with van der Waals surface area (Å²) in [5.74, 6) is 0. The minimum absolute atomic E-state index is 0.566. The molecular formula is C10H16N2OS. The van der Waals surface area contributed by atoms with E-state index in [1.807, 2.05) is 6.92 Å². The Morgan fingerprint density at radius 1 is 1.71 bits per heavy atom. The van der Waals surface area contributed by atoms with Crippen molar-refractivity contribution in [1.29, 1.82) is 0 Å². The Morgan fingerprint density at radius 3 is 3.29 bits per heavy atom. The highest BCUT2D eigenvalue weighted by atomic mass is 32.1. The number of nitrogens with one attached hydrogen (secondary N) is 1. The third-order valence-corrected chi connectivity index (χ3v) is 3.39. The largest absolute Gasteiger partial charge is 0.380 e. The average molecular weight is 212 g/mol. The Kier molecular flexibility index (Phi) is 3.50. The molecule has 1 N–H and O–H groups in total. The predicted molar refractivity (Wildman–Crippen MR) is 57.8 cm³/mol. The zero-order chi connectivity index (χ0) is 9.80. The van der Waals surface area contributed by atoms with Crippen molar-refractivity contribution >= 4 is 11.3 Å². The van der Waals surface area contributed by atoms with Crippen LogP contribution in [0, 0.1) is 6.92 Å². The smallest absolute Gasteiger partial charge is 0.0940 e. The van der Waals surface area contributed by atoms with Crippen molar-refractivity contribution < 1.29 is 4.74 Å². The van der Waals surface area contributed by atoms with E-state index in [0.29, 0.717) is 6.04 Å². The molecule has 78 valence electrons. The molecule has 1 aliphatic heterocycles. The summed E-state index contributed by atoms with van der Waals surface area (Å²) in [6.45, 7) is 4.84. The van der Waals surface area contributed by atoms with Gasteiger partial charge in [0.1, 0.15) is 0 Å². The van der Waals surface area contributed by atoms with Gasteiger partial charge in [-0.3, -0.25) is 0 Å². The summed E-state index contributed by atoms with van der Waals surface area (Å²) in [5, 5.41) is 6.82. The number of rotatable bonds is 4. The van der Waals surface area contributed by atoms with Gasteiger partial charge in [-0.1, -0.05) is 0 Å². The maximum Gasteiger partial charge on any atom is 0.0940 e. The number of thiazole rings is 1. The molecule has 2 heterocycles. The van der Waals surface area contributed by atoms with E-state index in [4.69, 9.17) is 4.74 Å². The molecule has 0 aliphatic carbocycles. The van der Waals surface area contributed by atoms with E-state index >= 15 is 0 Å². The Hall–Kier alpha value is -0.450. The minimum atomic E-state index is 0.566. The fraction of sp³-hybridized carbons (Fsp3) is 0.700. The van der Waals surface area contributed by atoms with Gasteiger partial charge in [0.25, 0.3) is 0 Å². The average Bonchev–Trinajstić information content (AvgIpc) is 2.77. The van der Waals surface area contributed by atoms with Crippen LogP contribution < -0.4 is 5.32 Å². The molecule has 2 rings (SSSR count). The van der Waals surface area contributed by atoms with Gasteiger partial charge >= 0.3 is 0 Å². The number of hydrogen-bond acceptors (Lipinski definition) is 4. The Balaban J connectivity index is 1.67. The molecule has 4 heteroatoms. The highest BCUT2D eigenvalue weighted by molar-refractivity contribution is 7.09. The number of aromatic nitrogens is 1. The molecule has 0 aromatic carbocycles. The Morgan fingerprint density at radius 2 is 2.64 bits per heavy atom. The zero-order valence-electron chi connectivity index (χ0n) is 8.45. The third-order valence-electron chi connectivity index (χ3n) is 2.37. The SMILES string of the molecule is Cc1csc(CCNC2CCOC2)n1. The summed E-state index contributed by atoms with van der Waals surface area (Å²) in [6, 6.07) is 0.566. The molecule has 1 atom stereocenters. The van der Waals surface area contributed by atoms with Crippen LogP contribution in [-0.4, -0.2) is 30.8 Å². The molecular weight excluding hydrogens is 196 g/mol. The van der Waals surface area contributed by atoms with Crippen molar-refractivity contribution in [2.45, 2.75) is 25.8 Å². The number of ether oxygens (including phenoxy) is 1. The van der Waals surface area contributed by atoms with Gasteiger partial charge in [-0.25, -0.2) is 4.98 Å². The van der Waals surface area contributed by atoms with E-state index in [9.17, 15) is 0 Å². The van der Waals surface area contributed by atoms with Crippen molar-refractivity contribution in [3.8, 4) is 0 Å². The second-order valence-corrected chi connectivity index (χ2v) is 4.59. The fourth-order valence-electron chi connectivity index (χ4n) is 1.60. The summed E-state index contributed by atoms with van der Waals surface area (Å²) in [7, 11) is 0. The van der Waals surface area contributed by atoms with E-state index in [-0.39, 0.29) is 0 Å². The third kappa shape index (κ3) is 2.77. The van der Waals surface area contributed by atoms with E-state index in [2.05, 4.69) is 15.7 Å². The van der Waals surface area contributed by atoms with Crippen LogP contribution in [0.3, 0.4) is 0 Å². The molecule has 1 unspecified atom stereocenters. The van der Waals surface area contributed by atoms with Gasteiger partial charge in [-0.15, -0.1) is 11.3 Å². The molecule has 14 heavy (non-hydrogen) atoms. The first-order valence-electron chi connectivity index (χ1n) is 5.07. The van der Waals surface area contributed by atoms with Crippen LogP contribution in [0.4, 0.5) is 0 Å². The highest BCUT2D eigenvalue weighted by Gasteiger charge is 2.14. The molecule has 0 amide bonds. The molecule has 1 aromatic heterocycles. The summed E-state index contributed by atoms with van der Waals surface area (Å²) in [5.41, 5.74) is 1.13. The van der Waals surface area contributed by atoms with Crippen molar-refractivity contribution in [3.63, 3.8) is 0 Å². The molecule has 1 saturated heterocycles. The van der Waals surface area contributed by atoms with Crippen LogP contribution in [0.1, 0.15) is 17.1 Å². The number of aryl methyl sites for hydroxylation is 1. The lowest BCUT2D eigenvalue weighted by Gasteiger charge is -2.08. The van der Waals surface area contributed by atoms with Gasteiger partial charge in [0.2, 0.25) is 0 Å². The molecule has 0 radical (unpaired) electrons. The van der Waals surface area contributed by atoms with E-state index in [1.165, 1.54) is 5.01 Å². The first kappa shape index (κ1) is 10.1. The molecule has 1 fully saturated rings. The second-order valence-electron chi connectivity index (χ2n) is 3.65.